The summed E-state index contributed by atoms with van der Waals surface area (Å²) >= 11 is 0. The van der Waals surface area contributed by atoms with Gasteiger partial charge in [-0.3, -0.25) is 0 Å². The monoisotopic (exact) mass is 365 g/mol. The van der Waals surface area contributed by atoms with E-state index < -0.39 is 10.0 Å². The molecule has 0 radical (unpaired) electrons. The molecular formula is C17H23N3O4S. The zero-order chi connectivity index (χ0) is 17.7. The average molecular weight is 365 g/mol. The molecule has 0 amide bonds. The number of sulfonamides is 1. The molecule has 8 heteroatoms. The van der Waals surface area contributed by atoms with Gasteiger partial charge < -0.3 is 9.47 Å². The number of rotatable bonds is 7. The molecule has 1 fully saturated rings. The second-order valence-electron chi connectivity index (χ2n) is 6.01. The van der Waals surface area contributed by atoms with E-state index in [1.807, 2.05) is 36.5 Å². The molecule has 1 aromatic heterocycles. The maximum atomic E-state index is 11.8. The van der Waals surface area contributed by atoms with Gasteiger partial charge in [-0.15, -0.1) is 0 Å². The van der Waals surface area contributed by atoms with Gasteiger partial charge in [0.1, 0.15) is 5.75 Å². The minimum atomic E-state index is -3.24. The lowest BCUT2D eigenvalue weighted by Gasteiger charge is -2.31. The van der Waals surface area contributed by atoms with Crippen LogP contribution in [0.25, 0.3) is 5.69 Å². The molecule has 2 unspecified atom stereocenters. The van der Waals surface area contributed by atoms with Crippen molar-refractivity contribution < 1.29 is 17.9 Å². The molecule has 0 aliphatic carbocycles. The Morgan fingerprint density at radius 2 is 2.16 bits per heavy atom. The molecule has 25 heavy (non-hydrogen) atoms. The highest BCUT2D eigenvalue weighted by Crippen LogP contribution is 2.20. The fourth-order valence-electron chi connectivity index (χ4n) is 2.75. The number of hydrogen-bond donors (Lipinski definition) is 1. The Balaban J connectivity index is 1.59. The molecule has 3 rings (SSSR count). The molecule has 2 atom stereocenters. The minimum Gasteiger partial charge on any atom is -0.493 e. The Morgan fingerprint density at radius 1 is 1.36 bits per heavy atom. The number of hydrogen-bond acceptors (Lipinski definition) is 5. The number of nitrogens with one attached hydrogen (secondary N) is 1. The second-order valence-corrected chi connectivity index (χ2v) is 8.05. The number of benzene rings is 1. The first-order valence-corrected chi connectivity index (χ1v) is 10.0. The average Bonchev–Trinajstić information content (AvgIpc) is 3.16. The molecule has 0 saturated carbocycles. The SMILES string of the molecule is CCS(=O)(=O)NC1CCOCC1COc1ccc(-n2cccn2)cc1. The van der Waals surface area contributed by atoms with Gasteiger partial charge in [-0.2, -0.15) is 5.10 Å². The van der Waals surface area contributed by atoms with E-state index in [1.54, 1.807) is 17.8 Å². The van der Waals surface area contributed by atoms with Gasteiger partial charge in [-0.1, -0.05) is 0 Å². The van der Waals surface area contributed by atoms with Crippen molar-refractivity contribution in [2.24, 2.45) is 5.92 Å². The first kappa shape index (κ1) is 17.9. The third-order valence-corrected chi connectivity index (χ3v) is 5.68. The van der Waals surface area contributed by atoms with Crippen LogP contribution < -0.4 is 9.46 Å². The van der Waals surface area contributed by atoms with Crippen molar-refractivity contribution >= 4 is 10.0 Å². The quantitative estimate of drug-likeness (QED) is 0.806. The van der Waals surface area contributed by atoms with Gasteiger partial charge in [-0.25, -0.2) is 17.8 Å². The van der Waals surface area contributed by atoms with E-state index in [-0.39, 0.29) is 17.7 Å². The molecule has 2 aromatic rings. The van der Waals surface area contributed by atoms with E-state index in [0.29, 0.717) is 26.2 Å². The Kier molecular flexibility index (Phi) is 5.72. The number of nitrogens with zero attached hydrogens (tertiary/aromatic N) is 2. The Morgan fingerprint density at radius 3 is 2.84 bits per heavy atom. The van der Waals surface area contributed by atoms with Crippen LogP contribution in [0.3, 0.4) is 0 Å². The summed E-state index contributed by atoms with van der Waals surface area (Å²) in [6.07, 6.45) is 4.26. The minimum absolute atomic E-state index is 0.0131. The molecule has 1 aliphatic heterocycles. The standard InChI is InChI=1S/C17H23N3O4S/c1-2-25(21,22)19-17-8-11-23-12-14(17)13-24-16-6-4-15(5-7-16)20-10-3-9-18-20/h3-7,9-10,14,17,19H,2,8,11-13H2,1H3. The fourth-order valence-corrected chi connectivity index (χ4v) is 3.69. The molecule has 1 N–H and O–H groups in total. The predicted molar refractivity (Wildman–Crippen MR) is 94.4 cm³/mol. The van der Waals surface area contributed by atoms with Gasteiger partial charge in [0.05, 0.1) is 24.7 Å². The summed E-state index contributed by atoms with van der Waals surface area (Å²) in [5, 5.41) is 4.18. The summed E-state index contributed by atoms with van der Waals surface area (Å²) in [7, 11) is -3.24. The summed E-state index contributed by atoms with van der Waals surface area (Å²) in [6.45, 7) is 3.08. The van der Waals surface area contributed by atoms with Crippen molar-refractivity contribution in [2.75, 3.05) is 25.6 Å². The van der Waals surface area contributed by atoms with Crippen molar-refractivity contribution in [2.45, 2.75) is 19.4 Å². The highest BCUT2D eigenvalue weighted by atomic mass is 32.2. The largest absolute Gasteiger partial charge is 0.493 e. The first-order valence-electron chi connectivity index (χ1n) is 8.38. The predicted octanol–water partition coefficient (Wildman–Crippen LogP) is 1.60. The van der Waals surface area contributed by atoms with Crippen LogP contribution in [0.4, 0.5) is 0 Å². The second kappa shape index (κ2) is 7.99. The summed E-state index contributed by atoms with van der Waals surface area (Å²) in [6, 6.07) is 9.33. The zero-order valence-corrected chi connectivity index (χ0v) is 15.0. The van der Waals surface area contributed by atoms with Crippen LogP contribution in [0, 0.1) is 5.92 Å². The molecule has 1 aliphatic rings. The molecule has 2 heterocycles. The van der Waals surface area contributed by atoms with Crippen LogP contribution >= 0.6 is 0 Å². The van der Waals surface area contributed by atoms with Crippen molar-refractivity contribution in [1.29, 1.82) is 0 Å². The molecule has 1 saturated heterocycles. The van der Waals surface area contributed by atoms with E-state index in [0.717, 1.165) is 11.4 Å². The van der Waals surface area contributed by atoms with E-state index in [1.165, 1.54) is 0 Å². The summed E-state index contributed by atoms with van der Waals surface area (Å²) in [5.74, 6) is 0.798. The normalized spacial score (nSPS) is 21.2. The summed E-state index contributed by atoms with van der Waals surface area (Å²) in [5.41, 5.74) is 0.951. The van der Waals surface area contributed by atoms with E-state index >= 15 is 0 Å². The third-order valence-electron chi connectivity index (χ3n) is 4.25. The maximum absolute atomic E-state index is 11.8. The van der Waals surface area contributed by atoms with E-state index in [9.17, 15) is 8.42 Å². The molecule has 0 spiro atoms. The molecule has 1 aromatic carbocycles. The van der Waals surface area contributed by atoms with Crippen LogP contribution in [-0.2, 0) is 14.8 Å². The maximum Gasteiger partial charge on any atom is 0.211 e. The molecule has 7 nitrogen and oxygen atoms in total. The van der Waals surface area contributed by atoms with Crippen molar-refractivity contribution in [3.63, 3.8) is 0 Å². The lowest BCUT2D eigenvalue weighted by Crippen LogP contribution is -2.47. The molecule has 0 bridgehead atoms. The summed E-state index contributed by atoms with van der Waals surface area (Å²) < 4.78 is 39.5. The Bertz CT molecular complexity index is 760. The number of ether oxygens (including phenoxy) is 2. The van der Waals surface area contributed by atoms with Crippen LogP contribution in [0.2, 0.25) is 0 Å². The van der Waals surface area contributed by atoms with E-state index in [2.05, 4.69) is 9.82 Å². The smallest absolute Gasteiger partial charge is 0.211 e. The van der Waals surface area contributed by atoms with Crippen LogP contribution in [0.1, 0.15) is 13.3 Å². The highest BCUT2D eigenvalue weighted by Gasteiger charge is 2.29. The van der Waals surface area contributed by atoms with Crippen LogP contribution in [0.5, 0.6) is 5.75 Å². The zero-order valence-electron chi connectivity index (χ0n) is 14.2. The highest BCUT2D eigenvalue weighted by molar-refractivity contribution is 7.89. The topological polar surface area (TPSA) is 82.5 Å². The van der Waals surface area contributed by atoms with Gasteiger partial charge in [-0.05, 0) is 43.7 Å². The Hall–Kier alpha value is -1.90. The van der Waals surface area contributed by atoms with Crippen molar-refractivity contribution in [3.8, 4) is 11.4 Å². The van der Waals surface area contributed by atoms with Gasteiger partial charge in [0.15, 0.2) is 0 Å². The Labute approximate surface area is 148 Å². The van der Waals surface area contributed by atoms with Crippen molar-refractivity contribution in [3.05, 3.63) is 42.7 Å². The molecular weight excluding hydrogens is 342 g/mol. The van der Waals surface area contributed by atoms with Gasteiger partial charge in [0.2, 0.25) is 10.0 Å². The fraction of sp³-hybridized carbons (Fsp3) is 0.471. The third kappa shape index (κ3) is 4.81. The van der Waals surface area contributed by atoms with Gasteiger partial charge in [0, 0.05) is 31.0 Å². The lowest BCUT2D eigenvalue weighted by atomic mass is 9.98. The van der Waals surface area contributed by atoms with E-state index in [4.69, 9.17) is 9.47 Å². The van der Waals surface area contributed by atoms with Crippen LogP contribution in [0.15, 0.2) is 42.7 Å². The first-order chi connectivity index (χ1) is 12.1. The van der Waals surface area contributed by atoms with Gasteiger partial charge >= 0.3 is 0 Å². The molecule has 136 valence electrons. The van der Waals surface area contributed by atoms with Gasteiger partial charge in [0.25, 0.3) is 0 Å². The van der Waals surface area contributed by atoms with Crippen molar-refractivity contribution in [1.82, 2.24) is 14.5 Å². The number of aromatic nitrogens is 2. The summed E-state index contributed by atoms with van der Waals surface area (Å²) in [4.78, 5) is 0. The lowest BCUT2D eigenvalue weighted by molar-refractivity contribution is 0.0186. The van der Waals surface area contributed by atoms with Crippen LogP contribution in [-0.4, -0.2) is 49.8 Å².